The Morgan fingerprint density at radius 2 is 1.68 bits per heavy atom. The summed E-state index contributed by atoms with van der Waals surface area (Å²) >= 11 is 2.01. The van der Waals surface area contributed by atoms with Crippen LogP contribution in [0.1, 0.15) is 31.2 Å². The van der Waals surface area contributed by atoms with Gasteiger partial charge in [-0.3, -0.25) is 4.18 Å². The van der Waals surface area contributed by atoms with Crippen LogP contribution in [0.15, 0.2) is 29.2 Å². The zero-order chi connectivity index (χ0) is 13.5. The lowest BCUT2D eigenvalue weighted by molar-refractivity contribution is 0.190. The zero-order valence-electron chi connectivity index (χ0n) is 10.9. The second-order valence-corrected chi connectivity index (χ2v) is 8.59. The maximum Gasteiger partial charge on any atom is 0.297 e. The molecule has 2 atom stereocenters. The van der Waals surface area contributed by atoms with E-state index in [1.165, 1.54) is 12.8 Å². The largest absolute Gasteiger partial charge is 0.297 e. The Bertz CT molecular complexity index is 539. The number of benzene rings is 1. The van der Waals surface area contributed by atoms with Gasteiger partial charge in [0, 0.05) is 10.5 Å². The predicted octanol–water partition coefficient (Wildman–Crippen LogP) is 3.13. The Balaban J connectivity index is 1.73. The highest BCUT2D eigenvalue weighted by Gasteiger charge is 2.37. The van der Waals surface area contributed by atoms with E-state index in [2.05, 4.69) is 0 Å². The van der Waals surface area contributed by atoms with Crippen molar-refractivity contribution in [3.8, 4) is 0 Å². The SMILES string of the molecule is Cc1ccc(S(=O)(=O)OC2CC3CCC(C2)S3)cc1. The molecule has 0 aliphatic carbocycles. The van der Waals surface area contributed by atoms with Gasteiger partial charge in [-0.15, -0.1) is 0 Å². The summed E-state index contributed by atoms with van der Waals surface area (Å²) in [5.41, 5.74) is 1.05. The first-order valence-corrected chi connectivity index (χ1v) is 9.03. The summed E-state index contributed by atoms with van der Waals surface area (Å²) in [4.78, 5) is 0.267. The molecule has 2 heterocycles. The average molecular weight is 298 g/mol. The molecule has 0 N–H and O–H groups in total. The van der Waals surface area contributed by atoms with E-state index in [9.17, 15) is 8.42 Å². The van der Waals surface area contributed by atoms with Crippen LogP contribution in [-0.4, -0.2) is 25.0 Å². The van der Waals surface area contributed by atoms with E-state index in [1.54, 1.807) is 24.3 Å². The van der Waals surface area contributed by atoms with Crippen LogP contribution in [-0.2, 0) is 14.3 Å². The number of rotatable bonds is 3. The van der Waals surface area contributed by atoms with Gasteiger partial charge in [-0.05, 0) is 44.7 Å². The number of hydrogen-bond acceptors (Lipinski definition) is 4. The van der Waals surface area contributed by atoms with E-state index in [0.717, 1.165) is 18.4 Å². The summed E-state index contributed by atoms with van der Waals surface area (Å²) in [5.74, 6) is 0. The molecule has 5 heteroatoms. The molecular formula is C14H18O3S2. The topological polar surface area (TPSA) is 43.4 Å². The van der Waals surface area contributed by atoms with Gasteiger partial charge < -0.3 is 0 Å². The molecule has 2 unspecified atom stereocenters. The first-order valence-electron chi connectivity index (χ1n) is 6.68. The smallest absolute Gasteiger partial charge is 0.263 e. The van der Waals surface area contributed by atoms with Gasteiger partial charge in [0.15, 0.2) is 0 Å². The maximum absolute atomic E-state index is 12.2. The molecule has 3 rings (SSSR count). The minimum atomic E-state index is -3.60. The van der Waals surface area contributed by atoms with Crippen molar-refractivity contribution >= 4 is 21.9 Å². The molecule has 0 spiro atoms. The van der Waals surface area contributed by atoms with Crippen molar-refractivity contribution in [2.75, 3.05) is 0 Å². The lowest BCUT2D eigenvalue weighted by Gasteiger charge is -2.26. The number of aryl methyl sites for hydroxylation is 1. The molecule has 2 aliphatic heterocycles. The van der Waals surface area contributed by atoms with Gasteiger partial charge in [0.05, 0.1) is 11.0 Å². The fourth-order valence-corrected chi connectivity index (χ4v) is 5.66. The predicted molar refractivity (Wildman–Crippen MR) is 76.9 cm³/mol. The van der Waals surface area contributed by atoms with Gasteiger partial charge in [0.1, 0.15) is 0 Å². The zero-order valence-corrected chi connectivity index (χ0v) is 12.5. The molecule has 3 nitrogen and oxygen atoms in total. The summed E-state index contributed by atoms with van der Waals surface area (Å²) in [6.07, 6.45) is 4.02. The van der Waals surface area contributed by atoms with E-state index in [0.29, 0.717) is 10.5 Å². The highest BCUT2D eigenvalue weighted by Crippen LogP contribution is 2.44. The van der Waals surface area contributed by atoms with Crippen LogP contribution in [0.25, 0.3) is 0 Å². The summed E-state index contributed by atoms with van der Waals surface area (Å²) in [6.45, 7) is 1.94. The van der Waals surface area contributed by atoms with E-state index in [1.807, 2.05) is 18.7 Å². The molecule has 0 aromatic heterocycles. The van der Waals surface area contributed by atoms with Crippen LogP contribution in [0.2, 0.25) is 0 Å². The highest BCUT2D eigenvalue weighted by atomic mass is 32.2. The van der Waals surface area contributed by atoms with Crippen LogP contribution in [0.3, 0.4) is 0 Å². The normalized spacial score (nSPS) is 30.5. The summed E-state index contributed by atoms with van der Waals surface area (Å²) in [7, 11) is -3.60. The third-order valence-corrected chi connectivity index (χ3v) is 6.82. The Morgan fingerprint density at radius 3 is 2.26 bits per heavy atom. The van der Waals surface area contributed by atoms with Crippen LogP contribution in [0, 0.1) is 6.92 Å². The maximum atomic E-state index is 12.2. The van der Waals surface area contributed by atoms with Crippen LogP contribution in [0.5, 0.6) is 0 Å². The molecule has 0 radical (unpaired) electrons. The molecule has 1 aromatic rings. The van der Waals surface area contributed by atoms with Crippen molar-refractivity contribution < 1.29 is 12.6 Å². The van der Waals surface area contributed by atoms with Crippen molar-refractivity contribution in [1.29, 1.82) is 0 Å². The Labute approximate surface area is 118 Å². The Kier molecular flexibility index (Phi) is 3.62. The molecule has 19 heavy (non-hydrogen) atoms. The number of thioether (sulfide) groups is 1. The van der Waals surface area contributed by atoms with E-state index in [4.69, 9.17) is 4.18 Å². The van der Waals surface area contributed by atoms with Gasteiger partial charge in [-0.1, -0.05) is 17.7 Å². The van der Waals surface area contributed by atoms with Crippen molar-refractivity contribution in [3.63, 3.8) is 0 Å². The van der Waals surface area contributed by atoms with Gasteiger partial charge in [0.25, 0.3) is 10.1 Å². The van der Waals surface area contributed by atoms with Crippen LogP contribution >= 0.6 is 11.8 Å². The van der Waals surface area contributed by atoms with E-state index >= 15 is 0 Å². The lowest BCUT2D eigenvalue weighted by Crippen LogP contribution is -2.27. The number of hydrogen-bond donors (Lipinski definition) is 0. The molecular weight excluding hydrogens is 280 g/mol. The van der Waals surface area contributed by atoms with Crippen molar-refractivity contribution in [1.82, 2.24) is 0 Å². The fourth-order valence-electron chi connectivity index (χ4n) is 2.83. The molecule has 2 aliphatic rings. The lowest BCUT2D eigenvalue weighted by atomic mass is 10.1. The molecule has 104 valence electrons. The average Bonchev–Trinajstić information content (AvgIpc) is 2.69. The molecule has 1 aromatic carbocycles. The Morgan fingerprint density at radius 1 is 1.11 bits per heavy atom. The Hall–Kier alpha value is -0.520. The van der Waals surface area contributed by atoms with Crippen molar-refractivity contribution in [2.45, 2.75) is 54.1 Å². The van der Waals surface area contributed by atoms with Gasteiger partial charge in [-0.2, -0.15) is 20.2 Å². The summed E-state index contributed by atoms with van der Waals surface area (Å²) < 4.78 is 29.9. The van der Waals surface area contributed by atoms with E-state index in [-0.39, 0.29) is 11.0 Å². The van der Waals surface area contributed by atoms with Crippen LogP contribution in [0.4, 0.5) is 0 Å². The summed E-state index contributed by atoms with van der Waals surface area (Å²) in [5, 5.41) is 1.19. The van der Waals surface area contributed by atoms with Crippen LogP contribution < -0.4 is 0 Å². The third kappa shape index (κ3) is 2.98. The molecule has 2 fully saturated rings. The molecule has 2 bridgehead atoms. The second-order valence-electron chi connectivity index (χ2n) is 5.41. The standard InChI is InChI=1S/C14H18O3S2/c1-10-2-6-14(7-3-10)19(15,16)17-11-8-12-4-5-13(9-11)18-12/h2-3,6-7,11-13H,4-5,8-9H2,1H3. The minimum absolute atomic E-state index is 0.134. The van der Waals surface area contributed by atoms with Crippen molar-refractivity contribution in [2.24, 2.45) is 0 Å². The molecule has 0 saturated carbocycles. The second kappa shape index (κ2) is 5.11. The first-order chi connectivity index (χ1) is 9.03. The van der Waals surface area contributed by atoms with Gasteiger partial charge in [0.2, 0.25) is 0 Å². The van der Waals surface area contributed by atoms with Crippen molar-refractivity contribution in [3.05, 3.63) is 29.8 Å². The van der Waals surface area contributed by atoms with Gasteiger partial charge in [-0.25, -0.2) is 0 Å². The quantitative estimate of drug-likeness (QED) is 0.804. The third-order valence-electron chi connectivity index (χ3n) is 3.82. The first kappa shape index (κ1) is 13.5. The number of fused-ring (bicyclic) bond motifs is 2. The van der Waals surface area contributed by atoms with E-state index < -0.39 is 10.1 Å². The molecule has 0 amide bonds. The summed E-state index contributed by atoms with van der Waals surface area (Å²) in [6, 6.07) is 6.85. The fraction of sp³-hybridized carbons (Fsp3) is 0.571. The highest BCUT2D eigenvalue weighted by molar-refractivity contribution is 8.00. The molecule has 2 saturated heterocycles. The minimum Gasteiger partial charge on any atom is -0.263 e. The van der Waals surface area contributed by atoms with Gasteiger partial charge >= 0.3 is 0 Å². The monoisotopic (exact) mass is 298 g/mol.